The Morgan fingerprint density at radius 3 is 2.77 bits per heavy atom. The van der Waals surface area contributed by atoms with Crippen LogP contribution in [-0.2, 0) is 24.5 Å². The van der Waals surface area contributed by atoms with E-state index in [4.69, 9.17) is 9.47 Å². The number of methoxy groups -OCH3 is 1. The van der Waals surface area contributed by atoms with Crippen molar-refractivity contribution in [3.8, 4) is 5.75 Å². The predicted octanol–water partition coefficient (Wildman–Crippen LogP) is 1.36. The molecule has 0 aromatic heterocycles. The van der Waals surface area contributed by atoms with Gasteiger partial charge in [-0.1, -0.05) is 12.1 Å². The van der Waals surface area contributed by atoms with Crippen molar-refractivity contribution in [2.45, 2.75) is 19.8 Å². The third kappa shape index (κ3) is 4.48. The number of ether oxygens (including phenoxy) is 2. The van der Waals surface area contributed by atoms with Crippen molar-refractivity contribution in [3.63, 3.8) is 0 Å². The molecule has 1 aromatic rings. The topological polar surface area (TPSA) is 106 Å². The van der Waals surface area contributed by atoms with Gasteiger partial charge in [-0.25, -0.2) is 4.31 Å². The van der Waals surface area contributed by atoms with Gasteiger partial charge in [0.05, 0.1) is 25.3 Å². The number of piperidine rings is 1. The number of amides is 1. The monoisotopic (exact) mass is 435 g/mol. The number of hydrogen-bond donors (Lipinski definition) is 0. The highest BCUT2D eigenvalue weighted by Crippen LogP contribution is 2.25. The SMILES string of the molecule is CCOC(=O)C1CCCN(C(=O)C2=CC(c3cccc(OC)c3)=NS(=O)(=O)N2C)C1. The van der Waals surface area contributed by atoms with Crippen LogP contribution in [-0.4, -0.2) is 69.1 Å². The van der Waals surface area contributed by atoms with Crippen molar-refractivity contribution in [2.24, 2.45) is 10.3 Å². The van der Waals surface area contributed by atoms with E-state index in [0.29, 0.717) is 30.7 Å². The molecule has 0 spiro atoms. The van der Waals surface area contributed by atoms with Crippen LogP contribution in [0, 0.1) is 5.92 Å². The second-order valence-electron chi connectivity index (χ2n) is 7.03. The first-order valence-corrected chi connectivity index (χ1v) is 11.1. The molecule has 162 valence electrons. The normalized spacial score (nSPS) is 20.8. The molecule has 3 rings (SSSR count). The van der Waals surface area contributed by atoms with E-state index < -0.39 is 22.0 Å². The molecule has 1 saturated heterocycles. The molecule has 9 nitrogen and oxygen atoms in total. The van der Waals surface area contributed by atoms with Gasteiger partial charge in [-0.05, 0) is 38.0 Å². The van der Waals surface area contributed by atoms with Crippen molar-refractivity contribution in [3.05, 3.63) is 41.6 Å². The zero-order chi connectivity index (χ0) is 21.9. The fraction of sp³-hybridized carbons (Fsp3) is 0.450. The number of hydrogen-bond acceptors (Lipinski definition) is 6. The van der Waals surface area contributed by atoms with E-state index in [0.717, 1.165) is 4.31 Å². The van der Waals surface area contributed by atoms with E-state index in [1.54, 1.807) is 31.2 Å². The van der Waals surface area contributed by atoms with Crippen molar-refractivity contribution < 1.29 is 27.5 Å². The molecule has 0 saturated carbocycles. The van der Waals surface area contributed by atoms with Gasteiger partial charge in [-0.3, -0.25) is 9.59 Å². The summed E-state index contributed by atoms with van der Waals surface area (Å²) in [5, 5.41) is 0. The molecule has 1 atom stereocenters. The van der Waals surface area contributed by atoms with Gasteiger partial charge in [-0.15, -0.1) is 4.40 Å². The van der Waals surface area contributed by atoms with Crippen molar-refractivity contribution >= 4 is 27.8 Å². The quantitative estimate of drug-likeness (QED) is 0.647. The number of likely N-dealkylation sites (tertiary alicyclic amines) is 1. The summed E-state index contributed by atoms with van der Waals surface area (Å²) in [5.41, 5.74) is 0.640. The summed E-state index contributed by atoms with van der Waals surface area (Å²) in [6.07, 6.45) is 2.72. The lowest BCUT2D eigenvalue weighted by Crippen LogP contribution is -2.46. The van der Waals surface area contributed by atoms with Gasteiger partial charge in [0.15, 0.2) is 0 Å². The maximum atomic E-state index is 13.2. The summed E-state index contributed by atoms with van der Waals surface area (Å²) in [4.78, 5) is 26.8. The molecule has 1 unspecified atom stereocenters. The van der Waals surface area contributed by atoms with Gasteiger partial charge in [0.25, 0.3) is 5.91 Å². The lowest BCUT2D eigenvalue weighted by Gasteiger charge is -2.34. The number of nitrogens with zero attached hydrogens (tertiary/aromatic N) is 3. The van der Waals surface area contributed by atoms with Gasteiger partial charge in [-0.2, -0.15) is 8.42 Å². The highest BCUT2D eigenvalue weighted by atomic mass is 32.2. The first-order valence-electron chi connectivity index (χ1n) is 9.67. The van der Waals surface area contributed by atoms with Gasteiger partial charge in [0, 0.05) is 25.7 Å². The molecule has 0 N–H and O–H groups in total. The van der Waals surface area contributed by atoms with Gasteiger partial charge in [0.1, 0.15) is 11.4 Å². The predicted molar refractivity (Wildman–Crippen MR) is 110 cm³/mol. The van der Waals surface area contributed by atoms with Crippen molar-refractivity contribution in [1.29, 1.82) is 0 Å². The Kier molecular flexibility index (Phi) is 6.45. The van der Waals surface area contributed by atoms with Crippen LogP contribution in [0.15, 0.2) is 40.4 Å². The lowest BCUT2D eigenvalue weighted by molar-refractivity contribution is -0.151. The van der Waals surface area contributed by atoms with E-state index >= 15 is 0 Å². The van der Waals surface area contributed by atoms with Crippen LogP contribution in [0.25, 0.3) is 0 Å². The number of allylic oxidation sites excluding steroid dienone is 1. The zero-order valence-corrected chi connectivity index (χ0v) is 18.0. The Hall–Kier alpha value is -2.88. The molecule has 0 bridgehead atoms. The van der Waals surface area contributed by atoms with Crippen LogP contribution >= 0.6 is 0 Å². The van der Waals surface area contributed by atoms with Crippen LogP contribution in [0.4, 0.5) is 0 Å². The smallest absolute Gasteiger partial charge is 0.345 e. The third-order valence-corrected chi connectivity index (χ3v) is 6.40. The number of carbonyl (C=O) groups is 2. The lowest BCUT2D eigenvalue weighted by atomic mass is 9.97. The van der Waals surface area contributed by atoms with Crippen molar-refractivity contribution in [2.75, 3.05) is 33.9 Å². The number of esters is 1. The average molecular weight is 436 g/mol. The van der Waals surface area contributed by atoms with Gasteiger partial charge < -0.3 is 14.4 Å². The first kappa shape index (κ1) is 21.8. The summed E-state index contributed by atoms with van der Waals surface area (Å²) >= 11 is 0. The fourth-order valence-corrected chi connectivity index (χ4v) is 4.36. The molecule has 0 radical (unpaired) electrons. The Labute approximate surface area is 176 Å². The Morgan fingerprint density at radius 2 is 2.07 bits per heavy atom. The number of rotatable bonds is 5. The molecule has 1 fully saturated rings. The van der Waals surface area contributed by atoms with E-state index in [9.17, 15) is 18.0 Å². The van der Waals surface area contributed by atoms with Crippen LogP contribution in [0.3, 0.4) is 0 Å². The minimum Gasteiger partial charge on any atom is -0.497 e. The minimum absolute atomic E-state index is 0.0210. The number of carbonyl (C=O) groups excluding carboxylic acids is 2. The maximum Gasteiger partial charge on any atom is 0.345 e. The molecule has 2 heterocycles. The molecule has 2 aliphatic rings. The molecule has 2 aliphatic heterocycles. The second kappa shape index (κ2) is 8.86. The molecule has 30 heavy (non-hydrogen) atoms. The summed E-state index contributed by atoms with van der Waals surface area (Å²) < 4.78 is 40.2. The number of benzene rings is 1. The molecule has 0 aliphatic carbocycles. The molecule has 1 aromatic carbocycles. The highest BCUT2D eigenvalue weighted by molar-refractivity contribution is 7.88. The Bertz CT molecular complexity index is 1000. The van der Waals surface area contributed by atoms with Crippen LogP contribution in [0.1, 0.15) is 25.3 Å². The van der Waals surface area contributed by atoms with Crippen LogP contribution < -0.4 is 4.74 Å². The summed E-state index contributed by atoms with van der Waals surface area (Å²) in [6, 6.07) is 6.78. The zero-order valence-electron chi connectivity index (χ0n) is 17.2. The van der Waals surface area contributed by atoms with E-state index in [1.165, 1.54) is 25.1 Å². The minimum atomic E-state index is -4.08. The standard InChI is InChI=1S/C20H25N3O6S/c1-4-29-20(25)15-8-6-10-23(13-15)19(24)18-12-17(21-30(26,27)22(18)2)14-7-5-9-16(11-14)28-3/h5,7,9,11-12,15H,4,6,8,10,13H2,1-3H3. The Balaban J connectivity index is 1.91. The second-order valence-corrected chi connectivity index (χ2v) is 8.65. The molecule has 1 amide bonds. The molecular formula is C20H25N3O6S. The number of likely N-dealkylation sites (N-methyl/N-ethyl adjacent to an activating group) is 1. The van der Waals surface area contributed by atoms with Crippen LogP contribution in [0.5, 0.6) is 5.75 Å². The summed E-state index contributed by atoms with van der Waals surface area (Å²) in [6.45, 7) is 2.63. The van der Waals surface area contributed by atoms with E-state index in [-0.39, 0.29) is 30.5 Å². The fourth-order valence-electron chi connectivity index (χ4n) is 3.45. The van der Waals surface area contributed by atoms with Gasteiger partial charge >= 0.3 is 16.2 Å². The first-order chi connectivity index (χ1) is 14.3. The Morgan fingerprint density at radius 1 is 1.30 bits per heavy atom. The highest BCUT2D eigenvalue weighted by Gasteiger charge is 2.36. The summed E-state index contributed by atoms with van der Waals surface area (Å²) in [7, 11) is -1.28. The maximum absolute atomic E-state index is 13.2. The third-order valence-electron chi connectivity index (χ3n) is 5.09. The average Bonchev–Trinajstić information content (AvgIpc) is 2.75. The van der Waals surface area contributed by atoms with E-state index in [2.05, 4.69) is 4.40 Å². The molecule has 10 heteroatoms. The molecular weight excluding hydrogens is 410 g/mol. The summed E-state index contributed by atoms with van der Waals surface area (Å²) in [5.74, 6) is -0.681. The van der Waals surface area contributed by atoms with Gasteiger partial charge in [0.2, 0.25) is 0 Å². The van der Waals surface area contributed by atoms with Crippen LogP contribution in [0.2, 0.25) is 0 Å². The largest absolute Gasteiger partial charge is 0.497 e. The van der Waals surface area contributed by atoms with E-state index in [1.807, 2.05) is 0 Å². The van der Waals surface area contributed by atoms with Crippen molar-refractivity contribution in [1.82, 2.24) is 9.21 Å².